The van der Waals surface area contributed by atoms with Crippen molar-refractivity contribution in [3.8, 4) is 6.07 Å². The molecule has 0 spiro atoms. The van der Waals surface area contributed by atoms with Gasteiger partial charge in [0, 0.05) is 12.6 Å². The molecule has 0 fully saturated rings. The maximum atomic E-state index is 10.2. The SMILES string of the molecule is N#CCCCCP(=O)(O)O. The number of rotatable bonds is 4. The number of nitrogens with zero attached hydrogens (tertiary/aromatic N) is 1. The fraction of sp³-hybridized carbons (Fsp3) is 0.800. The molecule has 0 aromatic rings. The van der Waals surface area contributed by atoms with Crippen molar-refractivity contribution >= 4 is 7.60 Å². The van der Waals surface area contributed by atoms with Crippen LogP contribution in [0.2, 0.25) is 0 Å². The highest BCUT2D eigenvalue weighted by Gasteiger charge is 2.10. The predicted octanol–water partition coefficient (Wildman–Crippen LogP) is 0.858. The summed E-state index contributed by atoms with van der Waals surface area (Å²) in [5, 5.41) is 8.05. The van der Waals surface area contributed by atoms with Crippen LogP contribution >= 0.6 is 7.60 Å². The lowest BCUT2D eigenvalue weighted by atomic mass is 10.3. The van der Waals surface area contributed by atoms with E-state index in [1.165, 1.54) is 0 Å². The molecular formula is C5H10NO3P. The van der Waals surface area contributed by atoms with Crippen LogP contribution in [0.25, 0.3) is 0 Å². The van der Waals surface area contributed by atoms with Crippen LogP contribution < -0.4 is 0 Å². The van der Waals surface area contributed by atoms with E-state index in [9.17, 15) is 4.57 Å². The van der Waals surface area contributed by atoms with Crippen molar-refractivity contribution in [2.24, 2.45) is 0 Å². The van der Waals surface area contributed by atoms with Gasteiger partial charge in [0.15, 0.2) is 0 Å². The molecule has 0 atom stereocenters. The van der Waals surface area contributed by atoms with Gasteiger partial charge in [-0.2, -0.15) is 5.26 Å². The lowest BCUT2D eigenvalue weighted by molar-refractivity contribution is 0.371. The Labute approximate surface area is 59.6 Å². The van der Waals surface area contributed by atoms with Gasteiger partial charge >= 0.3 is 7.60 Å². The lowest BCUT2D eigenvalue weighted by Crippen LogP contribution is -1.86. The van der Waals surface area contributed by atoms with Crippen molar-refractivity contribution in [1.82, 2.24) is 0 Å². The zero-order chi connectivity index (χ0) is 8.04. The van der Waals surface area contributed by atoms with E-state index in [0.29, 0.717) is 19.3 Å². The first-order valence-corrected chi connectivity index (χ1v) is 4.77. The molecule has 4 nitrogen and oxygen atoms in total. The third-order valence-corrected chi connectivity index (χ3v) is 1.89. The summed E-state index contributed by atoms with van der Waals surface area (Å²) in [5.41, 5.74) is 0. The Bertz CT molecular complexity index is 168. The van der Waals surface area contributed by atoms with Gasteiger partial charge in [-0.1, -0.05) is 0 Å². The van der Waals surface area contributed by atoms with Crippen LogP contribution in [0.5, 0.6) is 0 Å². The third-order valence-electron chi connectivity index (χ3n) is 0.988. The number of unbranched alkanes of at least 4 members (excludes halogenated alkanes) is 2. The van der Waals surface area contributed by atoms with E-state index in [2.05, 4.69) is 0 Å². The van der Waals surface area contributed by atoms with E-state index in [1.807, 2.05) is 6.07 Å². The fourth-order valence-corrected chi connectivity index (χ4v) is 1.16. The van der Waals surface area contributed by atoms with Gasteiger partial charge in [-0.15, -0.1) is 0 Å². The number of nitriles is 1. The van der Waals surface area contributed by atoms with Crippen LogP contribution in [-0.4, -0.2) is 15.9 Å². The standard InChI is InChI=1S/C5H10NO3P/c6-4-2-1-3-5-10(7,8)9/h1-3,5H2,(H2,7,8,9). The van der Waals surface area contributed by atoms with E-state index in [4.69, 9.17) is 15.0 Å². The van der Waals surface area contributed by atoms with Gasteiger partial charge in [0.25, 0.3) is 0 Å². The molecule has 0 heterocycles. The van der Waals surface area contributed by atoms with Gasteiger partial charge in [-0.05, 0) is 12.8 Å². The quantitative estimate of drug-likeness (QED) is 0.475. The van der Waals surface area contributed by atoms with E-state index >= 15 is 0 Å². The second-order valence-electron chi connectivity index (χ2n) is 2.00. The van der Waals surface area contributed by atoms with Gasteiger partial charge in [0.05, 0.1) is 6.07 Å². The first kappa shape index (κ1) is 9.64. The monoisotopic (exact) mass is 163 g/mol. The summed E-state index contributed by atoms with van der Waals surface area (Å²) in [6.45, 7) is 0. The van der Waals surface area contributed by atoms with Crippen molar-refractivity contribution in [2.75, 3.05) is 6.16 Å². The largest absolute Gasteiger partial charge is 0.325 e. The Morgan fingerprint density at radius 3 is 2.40 bits per heavy atom. The first-order valence-electron chi connectivity index (χ1n) is 2.98. The Morgan fingerprint density at radius 2 is 2.00 bits per heavy atom. The average Bonchev–Trinajstić information content (AvgIpc) is 1.78. The van der Waals surface area contributed by atoms with Gasteiger partial charge in [-0.3, -0.25) is 4.57 Å². The van der Waals surface area contributed by atoms with Crippen molar-refractivity contribution in [3.63, 3.8) is 0 Å². The fourth-order valence-electron chi connectivity index (χ4n) is 0.522. The summed E-state index contributed by atoms with van der Waals surface area (Å²) in [6.07, 6.45) is 1.27. The molecule has 0 saturated heterocycles. The van der Waals surface area contributed by atoms with Gasteiger partial charge in [0.1, 0.15) is 0 Å². The second kappa shape index (κ2) is 4.45. The van der Waals surface area contributed by atoms with Crippen LogP contribution in [0.1, 0.15) is 19.3 Å². The molecule has 2 N–H and O–H groups in total. The molecule has 0 aromatic heterocycles. The molecule has 0 aliphatic carbocycles. The lowest BCUT2D eigenvalue weighted by Gasteiger charge is -1.99. The minimum Gasteiger partial charge on any atom is -0.324 e. The van der Waals surface area contributed by atoms with E-state index < -0.39 is 7.60 Å². The smallest absolute Gasteiger partial charge is 0.324 e. The topological polar surface area (TPSA) is 81.3 Å². The number of hydrogen-bond acceptors (Lipinski definition) is 2. The van der Waals surface area contributed by atoms with Crippen molar-refractivity contribution in [3.05, 3.63) is 0 Å². The summed E-state index contributed by atoms with van der Waals surface area (Å²) in [7, 11) is -3.82. The van der Waals surface area contributed by atoms with Gasteiger partial charge < -0.3 is 9.79 Å². The summed E-state index contributed by atoms with van der Waals surface area (Å²) in [4.78, 5) is 16.7. The maximum absolute atomic E-state index is 10.2. The molecule has 0 radical (unpaired) electrons. The van der Waals surface area contributed by atoms with Gasteiger partial charge in [-0.25, -0.2) is 0 Å². The maximum Gasteiger partial charge on any atom is 0.325 e. The highest BCUT2D eigenvalue weighted by Crippen LogP contribution is 2.35. The highest BCUT2D eigenvalue weighted by atomic mass is 31.2. The van der Waals surface area contributed by atoms with Crippen molar-refractivity contribution in [2.45, 2.75) is 19.3 Å². The molecule has 0 unspecified atom stereocenters. The summed E-state index contributed by atoms with van der Waals surface area (Å²) in [5.74, 6) is 0. The van der Waals surface area contributed by atoms with Crippen LogP contribution in [0.15, 0.2) is 0 Å². The van der Waals surface area contributed by atoms with E-state index in [1.54, 1.807) is 0 Å². The Hall–Kier alpha value is -0.360. The molecular weight excluding hydrogens is 153 g/mol. The third kappa shape index (κ3) is 7.64. The summed E-state index contributed by atoms with van der Waals surface area (Å²) < 4.78 is 10.2. The van der Waals surface area contributed by atoms with Gasteiger partial charge in [0.2, 0.25) is 0 Å². The highest BCUT2D eigenvalue weighted by molar-refractivity contribution is 7.51. The molecule has 0 rings (SSSR count). The minimum atomic E-state index is -3.82. The molecule has 0 aromatic carbocycles. The van der Waals surface area contributed by atoms with Crippen LogP contribution in [0, 0.1) is 11.3 Å². The molecule has 10 heavy (non-hydrogen) atoms. The van der Waals surface area contributed by atoms with E-state index in [-0.39, 0.29) is 6.16 Å². The predicted molar refractivity (Wildman–Crippen MR) is 36.4 cm³/mol. The molecule has 0 aliphatic rings. The van der Waals surface area contributed by atoms with Crippen LogP contribution in [-0.2, 0) is 4.57 Å². The van der Waals surface area contributed by atoms with Crippen molar-refractivity contribution < 1.29 is 14.4 Å². The van der Waals surface area contributed by atoms with Crippen LogP contribution in [0.4, 0.5) is 0 Å². The summed E-state index contributed by atoms with van der Waals surface area (Å²) >= 11 is 0. The molecule has 5 heteroatoms. The zero-order valence-electron chi connectivity index (χ0n) is 5.53. The molecule has 0 amide bonds. The summed E-state index contributed by atoms with van der Waals surface area (Å²) in [6, 6.07) is 1.90. The number of hydrogen-bond donors (Lipinski definition) is 2. The molecule has 0 aliphatic heterocycles. The Morgan fingerprint density at radius 1 is 1.40 bits per heavy atom. The molecule has 58 valence electrons. The van der Waals surface area contributed by atoms with Crippen molar-refractivity contribution in [1.29, 1.82) is 5.26 Å². The minimum absolute atomic E-state index is 0.103. The normalized spacial score (nSPS) is 10.9. The molecule has 0 bridgehead atoms. The Balaban J connectivity index is 3.23. The second-order valence-corrected chi connectivity index (χ2v) is 3.78. The Kier molecular flexibility index (Phi) is 4.29. The first-order chi connectivity index (χ1) is 4.56. The average molecular weight is 163 g/mol. The molecule has 0 saturated carbocycles. The zero-order valence-corrected chi connectivity index (χ0v) is 6.42. The van der Waals surface area contributed by atoms with E-state index in [0.717, 1.165) is 0 Å². The van der Waals surface area contributed by atoms with Crippen LogP contribution in [0.3, 0.4) is 0 Å².